The zero-order valence-corrected chi connectivity index (χ0v) is 15.8. The normalized spacial score (nSPS) is 28.0. The van der Waals surface area contributed by atoms with Crippen molar-refractivity contribution in [3.63, 3.8) is 0 Å². The first-order valence-electron chi connectivity index (χ1n) is 8.06. The fourth-order valence-electron chi connectivity index (χ4n) is 3.03. The molecule has 1 aromatic rings. The van der Waals surface area contributed by atoms with E-state index in [0.717, 1.165) is 10.9 Å². The molecule has 0 spiro atoms. The first kappa shape index (κ1) is 17.4. The van der Waals surface area contributed by atoms with Gasteiger partial charge in [0.1, 0.15) is 13.7 Å². The van der Waals surface area contributed by atoms with Crippen LogP contribution in [0.25, 0.3) is 0 Å². The Labute approximate surface area is 134 Å². The third kappa shape index (κ3) is 2.94. The molecular formula is C17H28O4Si. The molecule has 0 saturated carbocycles. The summed E-state index contributed by atoms with van der Waals surface area (Å²) in [5.74, 6) is -0.703. The molecule has 22 heavy (non-hydrogen) atoms. The van der Waals surface area contributed by atoms with E-state index in [0.29, 0.717) is 12.8 Å². The highest BCUT2D eigenvalue weighted by Gasteiger charge is 2.56. The van der Waals surface area contributed by atoms with E-state index >= 15 is 0 Å². The zero-order valence-electron chi connectivity index (χ0n) is 14.8. The Morgan fingerprint density at radius 3 is 2.36 bits per heavy atom. The minimum atomic E-state index is -1.55. The molecule has 1 fully saturated rings. The van der Waals surface area contributed by atoms with Crippen LogP contribution in [0.2, 0.25) is 19.6 Å². The zero-order chi connectivity index (χ0) is 16.8. The van der Waals surface area contributed by atoms with Gasteiger partial charge in [-0.15, -0.1) is 0 Å². The summed E-state index contributed by atoms with van der Waals surface area (Å²) >= 11 is 0. The van der Waals surface area contributed by atoms with Crippen molar-refractivity contribution in [1.29, 1.82) is 0 Å². The molecule has 5 heteroatoms. The number of rotatable bonds is 5. The highest BCUT2D eigenvalue weighted by Crippen LogP contribution is 2.46. The standard InChI is InChI=1S/C17H28O4Si/c1-8-13(18)15-17(9-2,21-16(3,4)20-15)12-10-14(19-11-12)22(5,6)7/h10-11,15H,8-9H2,1-7H3/t15-,17+/m1/s1. The average Bonchev–Trinajstić information content (AvgIpc) is 3.00. The van der Waals surface area contributed by atoms with Gasteiger partial charge < -0.3 is 13.9 Å². The molecule has 1 aromatic heterocycles. The summed E-state index contributed by atoms with van der Waals surface area (Å²) in [6, 6.07) is 2.07. The fourth-order valence-corrected chi connectivity index (χ4v) is 4.03. The molecule has 1 aliphatic heterocycles. The molecular weight excluding hydrogens is 296 g/mol. The highest BCUT2D eigenvalue weighted by atomic mass is 28.3. The third-order valence-electron chi connectivity index (χ3n) is 4.25. The second kappa shape index (κ2) is 5.62. The van der Waals surface area contributed by atoms with Crippen molar-refractivity contribution in [3.8, 4) is 0 Å². The predicted octanol–water partition coefficient (Wildman–Crippen LogP) is 3.56. The maximum absolute atomic E-state index is 12.4. The lowest BCUT2D eigenvalue weighted by molar-refractivity contribution is -0.167. The minimum Gasteiger partial charge on any atom is -0.474 e. The van der Waals surface area contributed by atoms with Crippen molar-refractivity contribution >= 4 is 19.2 Å². The summed E-state index contributed by atoms with van der Waals surface area (Å²) in [5.41, 5.74) is 0.169. The fraction of sp³-hybridized carbons (Fsp3) is 0.706. The lowest BCUT2D eigenvalue weighted by Crippen LogP contribution is -2.42. The Kier molecular flexibility index (Phi) is 4.45. The first-order valence-corrected chi connectivity index (χ1v) is 11.6. The van der Waals surface area contributed by atoms with Crippen LogP contribution in [0.1, 0.15) is 46.1 Å². The molecule has 0 radical (unpaired) electrons. The predicted molar refractivity (Wildman–Crippen MR) is 89.0 cm³/mol. The summed E-state index contributed by atoms with van der Waals surface area (Å²) in [7, 11) is -1.55. The van der Waals surface area contributed by atoms with Gasteiger partial charge in [0.15, 0.2) is 17.7 Å². The minimum absolute atomic E-state index is 0.0724. The van der Waals surface area contributed by atoms with Gasteiger partial charge in [-0.1, -0.05) is 33.5 Å². The second-order valence-electron chi connectivity index (χ2n) is 7.51. The number of carbonyl (C=O) groups excluding carboxylic acids is 1. The Balaban J connectivity index is 2.50. The largest absolute Gasteiger partial charge is 0.474 e. The lowest BCUT2D eigenvalue weighted by atomic mass is 9.85. The van der Waals surface area contributed by atoms with E-state index in [4.69, 9.17) is 13.9 Å². The van der Waals surface area contributed by atoms with Crippen molar-refractivity contribution in [1.82, 2.24) is 0 Å². The molecule has 0 bridgehead atoms. The van der Waals surface area contributed by atoms with Crippen molar-refractivity contribution < 1.29 is 18.7 Å². The molecule has 2 heterocycles. The SMILES string of the molecule is CCC(=O)[C@H]1OC(C)(C)O[C@@]1(CC)c1coc([Si](C)(C)C)c1. The molecule has 124 valence electrons. The number of ketones is 1. The Morgan fingerprint density at radius 1 is 1.27 bits per heavy atom. The molecule has 0 aliphatic carbocycles. The maximum Gasteiger partial charge on any atom is 0.165 e. The monoisotopic (exact) mass is 324 g/mol. The van der Waals surface area contributed by atoms with Gasteiger partial charge in [-0.05, 0) is 26.3 Å². The topological polar surface area (TPSA) is 48.7 Å². The van der Waals surface area contributed by atoms with Crippen LogP contribution in [0.4, 0.5) is 0 Å². The van der Waals surface area contributed by atoms with Gasteiger partial charge in [0, 0.05) is 12.0 Å². The number of Topliss-reactive ketones (excluding diaryl/α,β-unsaturated/α-hetero) is 1. The van der Waals surface area contributed by atoms with Crippen molar-refractivity contribution in [2.24, 2.45) is 0 Å². The van der Waals surface area contributed by atoms with Crippen LogP contribution in [0.15, 0.2) is 16.7 Å². The van der Waals surface area contributed by atoms with E-state index < -0.39 is 25.6 Å². The molecule has 2 rings (SSSR count). The smallest absolute Gasteiger partial charge is 0.165 e. The van der Waals surface area contributed by atoms with E-state index in [1.807, 2.05) is 27.7 Å². The van der Waals surface area contributed by atoms with Gasteiger partial charge in [-0.3, -0.25) is 4.79 Å². The van der Waals surface area contributed by atoms with Crippen LogP contribution >= 0.6 is 0 Å². The number of carbonyl (C=O) groups is 1. The van der Waals surface area contributed by atoms with E-state index in [1.54, 1.807) is 6.26 Å². The summed E-state index contributed by atoms with van der Waals surface area (Å²) < 4.78 is 18.0. The Morgan fingerprint density at radius 2 is 1.91 bits per heavy atom. The Hall–Kier alpha value is -0.913. The molecule has 0 N–H and O–H groups in total. The molecule has 2 atom stereocenters. The number of furan rings is 1. The summed E-state index contributed by atoms with van der Waals surface area (Å²) in [4.78, 5) is 12.4. The van der Waals surface area contributed by atoms with Crippen molar-refractivity contribution in [2.45, 2.75) is 77.7 Å². The summed E-state index contributed by atoms with van der Waals surface area (Å²) in [5, 5.41) is 1.02. The summed E-state index contributed by atoms with van der Waals surface area (Å²) in [6.07, 6.45) is 2.27. The second-order valence-corrected chi connectivity index (χ2v) is 12.5. The van der Waals surface area contributed by atoms with Crippen LogP contribution in [-0.4, -0.2) is 25.7 Å². The average molecular weight is 324 g/mol. The van der Waals surface area contributed by atoms with Gasteiger partial charge >= 0.3 is 0 Å². The molecule has 1 saturated heterocycles. The number of hydrogen-bond donors (Lipinski definition) is 0. The van der Waals surface area contributed by atoms with Crippen LogP contribution in [0, 0.1) is 0 Å². The summed E-state index contributed by atoms with van der Waals surface area (Å²) in [6.45, 7) is 14.3. The van der Waals surface area contributed by atoms with Gasteiger partial charge in [0.05, 0.1) is 11.6 Å². The Bertz CT molecular complexity index is 555. The van der Waals surface area contributed by atoms with E-state index in [2.05, 4.69) is 25.7 Å². The molecule has 0 unspecified atom stereocenters. The lowest BCUT2D eigenvalue weighted by Gasteiger charge is -2.30. The highest BCUT2D eigenvalue weighted by molar-refractivity contribution is 6.87. The van der Waals surface area contributed by atoms with Crippen molar-refractivity contribution in [3.05, 3.63) is 17.9 Å². The van der Waals surface area contributed by atoms with Crippen LogP contribution in [-0.2, 0) is 19.9 Å². The van der Waals surface area contributed by atoms with Gasteiger partial charge in [0.2, 0.25) is 0 Å². The first-order chi connectivity index (χ1) is 10.1. The van der Waals surface area contributed by atoms with Gasteiger partial charge in [0.25, 0.3) is 0 Å². The van der Waals surface area contributed by atoms with E-state index in [9.17, 15) is 4.79 Å². The van der Waals surface area contributed by atoms with Crippen LogP contribution < -0.4 is 5.38 Å². The van der Waals surface area contributed by atoms with E-state index in [-0.39, 0.29) is 5.78 Å². The molecule has 0 aromatic carbocycles. The number of hydrogen-bond acceptors (Lipinski definition) is 4. The van der Waals surface area contributed by atoms with E-state index in [1.165, 1.54) is 0 Å². The quantitative estimate of drug-likeness (QED) is 0.777. The van der Waals surface area contributed by atoms with Crippen LogP contribution in [0.5, 0.6) is 0 Å². The maximum atomic E-state index is 12.4. The van der Waals surface area contributed by atoms with Crippen LogP contribution in [0.3, 0.4) is 0 Å². The van der Waals surface area contributed by atoms with Gasteiger partial charge in [-0.2, -0.15) is 0 Å². The van der Waals surface area contributed by atoms with Gasteiger partial charge in [-0.25, -0.2) is 0 Å². The molecule has 0 amide bonds. The third-order valence-corrected chi connectivity index (χ3v) is 5.99. The molecule has 1 aliphatic rings. The van der Waals surface area contributed by atoms with Crippen molar-refractivity contribution in [2.75, 3.05) is 0 Å². The molecule has 4 nitrogen and oxygen atoms in total. The number of ether oxygens (including phenoxy) is 2.